The molecule has 3 aromatic rings. The highest BCUT2D eigenvalue weighted by molar-refractivity contribution is 7.84. The lowest BCUT2D eigenvalue weighted by atomic mass is 10.3. The molecule has 1 unspecified atom stereocenters. The lowest BCUT2D eigenvalue weighted by Gasteiger charge is -2.04. The summed E-state index contributed by atoms with van der Waals surface area (Å²) in [4.78, 5) is 5.66. The monoisotopic (exact) mass is 295 g/mol. The van der Waals surface area contributed by atoms with Gasteiger partial charge < -0.3 is 5.73 Å². The van der Waals surface area contributed by atoms with Crippen molar-refractivity contribution in [2.45, 2.75) is 10.6 Å². The number of hydrogen-bond donors (Lipinski definition) is 1. The molecule has 0 radical (unpaired) electrons. The van der Waals surface area contributed by atoms with Crippen molar-refractivity contribution in [1.82, 2.24) is 9.38 Å². The summed E-state index contributed by atoms with van der Waals surface area (Å²) in [5, 5.41) is 1.93. The van der Waals surface area contributed by atoms with Crippen LogP contribution in [0.5, 0.6) is 0 Å². The Morgan fingerprint density at radius 3 is 3.05 bits per heavy atom. The van der Waals surface area contributed by atoms with Gasteiger partial charge in [0.1, 0.15) is 5.82 Å². The van der Waals surface area contributed by atoms with Gasteiger partial charge in [-0.25, -0.2) is 9.37 Å². The number of hydrogen-bond acceptors (Lipinski definition) is 4. The van der Waals surface area contributed by atoms with Crippen molar-refractivity contribution >= 4 is 32.8 Å². The molecule has 98 valence electrons. The highest BCUT2D eigenvalue weighted by Crippen LogP contribution is 2.21. The second-order valence-corrected chi connectivity index (χ2v) is 6.29. The van der Waals surface area contributed by atoms with Gasteiger partial charge in [0.25, 0.3) is 0 Å². The maximum atomic E-state index is 12.9. The molecule has 0 amide bonds. The molecule has 0 saturated heterocycles. The van der Waals surface area contributed by atoms with Gasteiger partial charge in [-0.15, -0.1) is 11.3 Å². The van der Waals surface area contributed by atoms with Crippen molar-refractivity contribution in [1.29, 1.82) is 0 Å². The molecule has 7 heteroatoms. The quantitative estimate of drug-likeness (QED) is 0.755. The molecular weight excluding hydrogens is 285 g/mol. The van der Waals surface area contributed by atoms with E-state index in [0.717, 1.165) is 10.7 Å². The van der Waals surface area contributed by atoms with Crippen LogP contribution in [0.2, 0.25) is 0 Å². The minimum atomic E-state index is -1.33. The number of imidazole rings is 1. The van der Waals surface area contributed by atoms with Crippen LogP contribution in [0.15, 0.2) is 40.9 Å². The van der Waals surface area contributed by atoms with Crippen molar-refractivity contribution in [3.8, 4) is 0 Å². The topological polar surface area (TPSA) is 60.4 Å². The Hall–Kier alpha value is -1.73. The number of fused-ring (bicyclic) bond motifs is 1. The average molecular weight is 295 g/mol. The van der Waals surface area contributed by atoms with E-state index < -0.39 is 16.6 Å². The van der Waals surface area contributed by atoms with Gasteiger partial charge in [0.05, 0.1) is 32.8 Å². The number of nitrogens with two attached hydrogens (primary N) is 1. The Labute approximate surface area is 115 Å². The summed E-state index contributed by atoms with van der Waals surface area (Å²) in [6, 6.07) is 3.90. The molecule has 0 aliphatic carbocycles. The molecule has 2 N–H and O–H groups in total. The number of anilines is 1. The van der Waals surface area contributed by atoms with E-state index in [1.807, 2.05) is 22.2 Å². The van der Waals surface area contributed by atoms with Gasteiger partial charge in [-0.05, 0) is 18.2 Å². The van der Waals surface area contributed by atoms with E-state index in [2.05, 4.69) is 4.98 Å². The third-order valence-electron chi connectivity index (χ3n) is 2.64. The van der Waals surface area contributed by atoms with Crippen LogP contribution in [0.1, 0.15) is 5.69 Å². The summed E-state index contributed by atoms with van der Waals surface area (Å²) in [7, 11) is -1.33. The third-order valence-corrected chi connectivity index (χ3v) is 4.83. The van der Waals surface area contributed by atoms with Crippen LogP contribution in [-0.4, -0.2) is 13.6 Å². The zero-order valence-electron chi connectivity index (χ0n) is 9.75. The van der Waals surface area contributed by atoms with E-state index in [1.165, 1.54) is 29.5 Å². The fourth-order valence-corrected chi connectivity index (χ4v) is 3.61. The number of halogens is 1. The lowest BCUT2D eigenvalue weighted by Crippen LogP contribution is -2.01. The molecule has 0 saturated carbocycles. The highest BCUT2D eigenvalue weighted by Gasteiger charge is 2.12. The van der Waals surface area contributed by atoms with Gasteiger partial charge in [-0.3, -0.25) is 8.61 Å². The van der Waals surface area contributed by atoms with E-state index in [1.54, 1.807) is 0 Å². The molecule has 0 bridgehead atoms. The van der Waals surface area contributed by atoms with Crippen molar-refractivity contribution in [2.75, 3.05) is 5.73 Å². The highest BCUT2D eigenvalue weighted by atomic mass is 32.2. The summed E-state index contributed by atoms with van der Waals surface area (Å²) in [5.74, 6) is -0.162. The zero-order chi connectivity index (χ0) is 13.4. The van der Waals surface area contributed by atoms with E-state index in [0.29, 0.717) is 4.90 Å². The number of rotatable bonds is 3. The van der Waals surface area contributed by atoms with Crippen molar-refractivity contribution in [3.63, 3.8) is 0 Å². The number of nitrogen functional groups attached to an aromatic ring is 1. The van der Waals surface area contributed by atoms with Crippen molar-refractivity contribution in [3.05, 3.63) is 47.5 Å². The summed E-state index contributed by atoms with van der Waals surface area (Å²) in [5.41, 5.74) is 6.61. The second kappa shape index (κ2) is 4.75. The van der Waals surface area contributed by atoms with Gasteiger partial charge in [0.15, 0.2) is 4.96 Å². The number of aromatic nitrogens is 2. The number of thiazole rings is 1. The fraction of sp³-hybridized carbons (Fsp3) is 0.0833. The summed E-state index contributed by atoms with van der Waals surface area (Å²) in [6.07, 6.45) is 3.73. The standard InChI is InChI=1S/C12H10FN3OS2/c13-8-1-2-11(10(14)5-8)19(17)7-9-6-16-3-4-18-12(16)15-9/h1-6H,7,14H2. The molecule has 19 heavy (non-hydrogen) atoms. The zero-order valence-corrected chi connectivity index (χ0v) is 11.4. The SMILES string of the molecule is Nc1cc(F)ccc1S(=O)Cc1cn2ccsc2n1. The van der Waals surface area contributed by atoms with E-state index in [4.69, 9.17) is 5.73 Å². The number of benzene rings is 1. The normalized spacial score (nSPS) is 12.9. The minimum absolute atomic E-state index is 0.208. The summed E-state index contributed by atoms with van der Waals surface area (Å²) < 4.78 is 27.0. The molecule has 0 fully saturated rings. The molecular formula is C12H10FN3OS2. The Bertz CT molecular complexity index is 737. The van der Waals surface area contributed by atoms with Gasteiger partial charge in [0, 0.05) is 17.8 Å². The first-order chi connectivity index (χ1) is 9.13. The van der Waals surface area contributed by atoms with Gasteiger partial charge in [-0.2, -0.15) is 0 Å². The maximum absolute atomic E-state index is 12.9. The second-order valence-electron chi connectivity index (χ2n) is 4.00. The van der Waals surface area contributed by atoms with E-state index in [9.17, 15) is 8.60 Å². The molecule has 2 heterocycles. The Balaban J connectivity index is 1.86. The van der Waals surface area contributed by atoms with Crippen molar-refractivity contribution < 1.29 is 8.60 Å². The number of nitrogens with zero attached hydrogens (tertiary/aromatic N) is 2. The Morgan fingerprint density at radius 2 is 2.32 bits per heavy atom. The molecule has 4 nitrogen and oxygen atoms in total. The van der Waals surface area contributed by atoms with Gasteiger partial charge >= 0.3 is 0 Å². The molecule has 1 atom stereocenters. The average Bonchev–Trinajstić information content (AvgIpc) is 2.89. The lowest BCUT2D eigenvalue weighted by molar-refractivity contribution is 0.627. The summed E-state index contributed by atoms with van der Waals surface area (Å²) >= 11 is 1.51. The first-order valence-electron chi connectivity index (χ1n) is 5.48. The van der Waals surface area contributed by atoms with Crippen LogP contribution in [0.25, 0.3) is 4.96 Å². The molecule has 0 aliphatic rings. The van der Waals surface area contributed by atoms with E-state index >= 15 is 0 Å². The molecule has 0 spiro atoms. The van der Waals surface area contributed by atoms with E-state index in [-0.39, 0.29) is 11.4 Å². The van der Waals surface area contributed by atoms with Crippen molar-refractivity contribution in [2.24, 2.45) is 0 Å². The van der Waals surface area contributed by atoms with Crippen LogP contribution < -0.4 is 5.73 Å². The fourth-order valence-electron chi connectivity index (χ4n) is 1.78. The first-order valence-corrected chi connectivity index (χ1v) is 7.68. The third kappa shape index (κ3) is 2.39. The smallest absolute Gasteiger partial charge is 0.193 e. The predicted molar refractivity (Wildman–Crippen MR) is 74.0 cm³/mol. The molecule has 3 rings (SSSR count). The first kappa shape index (κ1) is 12.3. The van der Waals surface area contributed by atoms with Crippen LogP contribution in [-0.2, 0) is 16.6 Å². The van der Waals surface area contributed by atoms with Crippen LogP contribution in [0.4, 0.5) is 10.1 Å². The largest absolute Gasteiger partial charge is 0.398 e. The molecule has 1 aromatic carbocycles. The predicted octanol–water partition coefficient (Wildman–Crippen LogP) is 2.42. The van der Waals surface area contributed by atoms with Gasteiger partial charge in [0.2, 0.25) is 0 Å². The molecule has 0 aliphatic heterocycles. The minimum Gasteiger partial charge on any atom is -0.398 e. The van der Waals surface area contributed by atoms with Crippen LogP contribution in [0.3, 0.4) is 0 Å². The summed E-state index contributed by atoms with van der Waals surface area (Å²) in [6.45, 7) is 0. The van der Waals surface area contributed by atoms with Gasteiger partial charge in [-0.1, -0.05) is 0 Å². The maximum Gasteiger partial charge on any atom is 0.193 e. The Kier molecular flexibility index (Phi) is 3.08. The van der Waals surface area contributed by atoms with Crippen LogP contribution in [0, 0.1) is 5.82 Å². The molecule has 2 aromatic heterocycles. The van der Waals surface area contributed by atoms with Crippen LogP contribution >= 0.6 is 11.3 Å². The Morgan fingerprint density at radius 1 is 1.47 bits per heavy atom.